The summed E-state index contributed by atoms with van der Waals surface area (Å²) in [7, 11) is 0. The molecule has 1 N–H and O–H groups in total. The molecule has 2 aromatic rings. The molecular formula is C18H21ClFNO. The van der Waals surface area contributed by atoms with Crippen LogP contribution in [0.15, 0.2) is 42.5 Å². The SMILES string of the molecule is CCC(C)NCc1ccccc1OCc1c(F)cccc1Cl. The lowest BCUT2D eigenvalue weighted by atomic mass is 10.1. The Morgan fingerprint density at radius 2 is 1.95 bits per heavy atom. The van der Waals surface area contributed by atoms with E-state index in [-0.39, 0.29) is 12.4 Å². The average molecular weight is 322 g/mol. The summed E-state index contributed by atoms with van der Waals surface area (Å²) in [6.45, 7) is 5.12. The van der Waals surface area contributed by atoms with Crippen molar-refractivity contribution in [1.82, 2.24) is 5.32 Å². The van der Waals surface area contributed by atoms with Crippen LogP contribution in [-0.2, 0) is 13.2 Å². The van der Waals surface area contributed by atoms with Gasteiger partial charge in [0.2, 0.25) is 0 Å². The average Bonchev–Trinajstić information content (AvgIpc) is 2.53. The maximum absolute atomic E-state index is 13.8. The van der Waals surface area contributed by atoms with Gasteiger partial charge in [-0.1, -0.05) is 42.8 Å². The third-order valence-electron chi connectivity index (χ3n) is 3.66. The molecule has 0 amide bonds. The van der Waals surface area contributed by atoms with Gasteiger partial charge in [0, 0.05) is 23.7 Å². The van der Waals surface area contributed by atoms with Gasteiger partial charge in [0.05, 0.1) is 5.02 Å². The van der Waals surface area contributed by atoms with Crippen molar-refractivity contribution in [3.8, 4) is 5.75 Å². The maximum Gasteiger partial charge on any atom is 0.131 e. The normalized spacial score (nSPS) is 12.2. The molecular weight excluding hydrogens is 301 g/mol. The Kier molecular flexibility index (Phi) is 6.22. The highest BCUT2D eigenvalue weighted by Gasteiger charge is 2.10. The van der Waals surface area contributed by atoms with Crippen molar-refractivity contribution in [3.63, 3.8) is 0 Å². The Balaban J connectivity index is 2.07. The van der Waals surface area contributed by atoms with E-state index in [1.807, 2.05) is 24.3 Å². The number of rotatable bonds is 7. The van der Waals surface area contributed by atoms with E-state index < -0.39 is 0 Å². The number of para-hydroxylation sites is 1. The maximum atomic E-state index is 13.8. The Bertz CT molecular complexity index is 598. The first-order chi connectivity index (χ1) is 10.6. The van der Waals surface area contributed by atoms with Crippen LogP contribution in [0.4, 0.5) is 4.39 Å². The predicted octanol–water partition coefficient (Wildman–Crippen LogP) is 4.95. The molecule has 2 rings (SSSR count). The van der Waals surface area contributed by atoms with Gasteiger partial charge in [-0.25, -0.2) is 4.39 Å². The first-order valence-corrected chi connectivity index (χ1v) is 7.86. The van der Waals surface area contributed by atoms with Crippen LogP contribution in [0.1, 0.15) is 31.4 Å². The molecule has 4 heteroatoms. The zero-order chi connectivity index (χ0) is 15.9. The molecule has 0 saturated carbocycles. The Morgan fingerprint density at radius 3 is 2.68 bits per heavy atom. The standard InChI is InChI=1S/C18H21ClFNO/c1-3-13(2)21-11-14-7-4-5-10-18(14)22-12-15-16(19)8-6-9-17(15)20/h4-10,13,21H,3,11-12H2,1-2H3. The van der Waals surface area contributed by atoms with Crippen molar-refractivity contribution in [2.75, 3.05) is 0 Å². The largest absolute Gasteiger partial charge is 0.488 e. The van der Waals surface area contributed by atoms with Gasteiger partial charge in [0.25, 0.3) is 0 Å². The summed E-state index contributed by atoms with van der Waals surface area (Å²) in [5.74, 6) is 0.403. The second-order valence-electron chi connectivity index (χ2n) is 5.29. The molecule has 0 aliphatic rings. The number of hydrogen-bond donors (Lipinski definition) is 1. The second kappa shape index (κ2) is 8.16. The zero-order valence-electron chi connectivity index (χ0n) is 12.9. The molecule has 0 fully saturated rings. The van der Waals surface area contributed by atoms with E-state index in [0.29, 0.717) is 16.6 Å². The van der Waals surface area contributed by atoms with Gasteiger partial charge in [-0.2, -0.15) is 0 Å². The molecule has 22 heavy (non-hydrogen) atoms. The van der Waals surface area contributed by atoms with Gasteiger partial charge >= 0.3 is 0 Å². The molecule has 0 aliphatic carbocycles. The van der Waals surface area contributed by atoms with Crippen molar-refractivity contribution in [1.29, 1.82) is 0 Å². The van der Waals surface area contributed by atoms with Crippen LogP contribution >= 0.6 is 11.6 Å². The number of benzene rings is 2. The fourth-order valence-corrected chi connectivity index (χ4v) is 2.26. The third kappa shape index (κ3) is 4.46. The minimum atomic E-state index is -0.345. The molecule has 1 unspecified atom stereocenters. The van der Waals surface area contributed by atoms with Gasteiger partial charge in [-0.05, 0) is 31.5 Å². The van der Waals surface area contributed by atoms with Gasteiger partial charge in [0.15, 0.2) is 0 Å². The monoisotopic (exact) mass is 321 g/mol. The van der Waals surface area contributed by atoms with E-state index >= 15 is 0 Å². The van der Waals surface area contributed by atoms with Gasteiger partial charge in [0.1, 0.15) is 18.2 Å². The van der Waals surface area contributed by atoms with Crippen molar-refractivity contribution < 1.29 is 9.13 Å². The quantitative estimate of drug-likeness (QED) is 0.779. The summed E-state index contributed by atoms with van der Waals surface area (Å²) in [6, 6.07) is 12.9. The van der Waals surface area contributed by atoms with Crippen LogP contribution in [0, 0.1) is 5.82 Å². The molecule has 0 saturated heterocycles. The fraction of sp³-hybridized carbons (Fsp3) is 0.333. The Labute approximate surface area is 136 Å². The predicted molar refractivity (Wildman–Crippen MR) is 88.8 cm³/mol. The second-order valence-corrected chi connectivity index (χ2v) is 5.69. The topological polar surface area (TPSA) is 21.3 Å². The Hall–Kier alpha value is -1.58. The minimum absolute atomic E-state index is 0.117. The summed E-state index contributed by atoms with van der Waals surface area (Å²) in [6.07, 6.45) is 1.06. The molecule has 0 heterocycles. The zero-order valence-corrected chi connectivity index (χ0v) is 13.7. The summed E-state index contributed by atoms with van der Waals surface area (Å²) < 4.78 is 19.6. The van der Waals surface area contributed by atoms with Crippen molar-refractivity contribution in [3.05, 3.63) is 64.4 Å². The summed E-state index contributed by atoms with van der Waals surface area (Å²) in [5.41, 5.74) is 1.43. The van der Waals surface area contributed by atoms with Crippen molar-refractivity contribution >= 4 is 11.6 Å². The molecule has 0 bridgehead atoms. The van der Waals surface area contributed by atoms with Crippen LogP contribution in [0.3, 0.4) is 0 Å². The van der Waals surface area contributed by atoms with Crippen molar-refractivity contribution in [2.24, 2.45) is 0 Å². The summed E-state index contributed by atoms with van der Waals surface area (Å²) in [4.78, 5) is 0. The molecule has 1 atom stereocenters. The van der Waals surface area contributed by atoms with Crippen LogP contribution in [-0.4, -0.2) is 6.04 Å². The molecule has 0 aliphatic heterocycles. The molecule has 118 valence electrons. The fourth-order valence-electron chi connectivity index (χ4n) is 2.04. The van der Waals surface area contributed by atoms with Gasteiger partial charge in [-0.15, -0.1) is 0 Å². The van der Waals surface area contributed by atoms with E-state index in [9.17, 15) is 4.39 Å². The van der Waals surface area contributed by atoms with E-state index in [2.05, 4.69) is 19.2 Å². The molecule has 0 radical (unpaired) electrons. The lowest BCUT2D eigenvalue weighted by Gasteiger charge is -2.15. The van der Waals surface area contributed by atoms with Crippen LogP contribution in [0.25, 0.3) is 0 Å². The van der Waals surface area contributed by atoms with E-state index in [1.165, 1.54) is 6.07 Å². The molecule has 0 aromatic heterocycles. The molecule has 2 aromatic carbocycles. The summed E-state index contributed by atoms with van der Waals surface area (Å²) >= 11 is 6.02. The Morgan fingerprint density at radius 1 is 1.18 bits per heavy atom. The molecule has 2 nitrogen and oxygen atoms in total. The van der Waals surface area contributed by atoms with Crippen LogP contribution in [0.5, 0.6) is 5.75 Å². The highest BCUT2D eigenvalue weighted by Crippen LogP contribution is 2.23. The first-order valence-electron chi connectivity index (χ1n) is 7.48. The summed E-state index contributed by atoms with van der Waals surface area (Å²) in [5, 5.41) is 3.81. The minimum Gasteiger partial charge on any atom is -0.488 e. The van der Waals surface area contributed by atoms with E-state index in [4.69, 9.17) is 16.3 Å². The smallest absolute Gasteiger partial charge is 0.131 e. The van der Waals surface area contributed by atoms with Gasteiger partial charge < -0.3 is 10.1 Å². The van der Waals surface area contributed by atoms with E-state index in [1.54, 1.807) is 12.1 Å². The highest BCUT2D eigenvalue weighted by atomic mass is 35.5. The highest BCUT2D eigenvalue weighted by molar-refractivity contribution is 6.31. The van der Waals surface area contributed by atoms with Crippen LogP contribution < -0.4 is 10.1 Å². The number of nitrogens with one attached hydrogen (secondary N) is 1. The van der Waals surface area contributed by atoms with Crippen LogP contribution in [0.2, 0.25) is 5.02 Å². The number of ether oxygens (including phenoxy) is 1. The lowest BCUT2D eigenvalue weighted by molar-refractivity contribution is 0.295. The number of hydrogen-bond acceptors (Lipinski definition) is 2. The van der Waals surface area contributed by atoms with E-state index in [0.717, 1.165) is 24.3 Å². The van der Waals surface area contributed by atoms with Crippen molar-refractivity contribution in [2.45, 2.75) is 39.5 Å². The molecule has 0 spiro atoms. The van der Waals surface area contributed by atoms with Gasteiger partial charge in [-0.3, -0.25) is 0 Å². The third-order valence-corrected chi connectivity index (χ3v) is 4.01. The number of halogens is 2. The lowest BCUT2D eigenvalue weighted by Crippen LogP contribution is -2.24. The first kappa shape index (κ1) is 16.8.